The molecule has 1 aliphatic rings. The Morgan fingerprint density at radius 1 is 1.34 bits per heavy atom. The molecular formula is C26H33N3O5S. The first-order chi connectivity index (χ1) is 16.5. The Morgan fingerprint density at radius 2 is 2.06 bits per heavy atom. The molecule has 2 aromatic rings. The number of nitrogens with zero attached hydrogens (tertiary/aromatic N) is 2. The highest BCUT2D eigenvalue weighted by Gasteiger charge is 2.34. The zero-order valence-corrected chi connectivity index (χ0v) is 22.1. The van der Waals surface area contributed by atoms with Crippen LogP contribution in [0.3, 0.4) is 0 Å². The van der Waals surface area contributed by atoms with Crippen molar-refractivity contribution in [3.63, 3.8) is 0 Å². The van der Waals surface area contributed by atoms with Crippen LogP contribution >= 0.6 is 11.3 Å². The number of aromatic nitrogens is 1. The number of amides is 1. The van der Waals surface area contributed by atoms with Crippen LogP contribution in [-0.4, -0.2) is 30.2 Å². The summed E-state index contributed by atoms with van der Waals surface area (Å²) in [6, 6.07) is 3.60. The molecule has 1 amide bonds. The number of carbonyl (C=O) groups excluding carboxylic acids is 2. The summed E-state index contributed by atoms with van der Waals surface area (Å²) in [4.78, 5) is 39.9. The van der Waals surface area contributed by atoms with Gasteiger partial charge >= 0.3 is 5.97 Å². The van der Waals surface area contributed by atoms with Crippen molar-refractivity contribution in [1.82, 2.24) is 4.57 Å². The number of pyridine rings is 1. The van der Waals surface area contributed by atoms with Crippen molar-refractivity contribution < 1.29 is 19.1 Å². The molecule has 9 heteroatoms. The van der Waals surface area contributed by atoms with E-state index in [1.165, 1.54) is 23.0 Å². The Morgan fingerprint density at radius 3 is 2.66 bits per heavy atom. The lowest BCUT2D eigenvalue weighted by Gasteiger charge is -2.33. The highest BCUT2D eigenvalue weighted by atomic mass is 32.1. The quantitative estimate of drug-likeness (QED) is 0.572. The third kappa shape index (κ3) is 5.65. The predicted molar refractivity (Wildman–Crippen MR) is 135 cm³/mol. The second-order valence-corrected chi connectivity index (χ2v) is 11.0. The van der Waals surface area contributed by atoms with Crippen LogP contribution in [0, 0.1) is 29.6 Å². The summed E-state index contributed by atoms with van der Waals surface area (Å²) in [5, 5.41) is 12.8. The van der Waals surface area contributed by atoms with Gasteiger partial charge in [0.1, 0.15) is 23.2 Å². The molecule has 0 unspecified atom stereocenters. The monoisotopic (exact) mass is 499 g/mol. The SMILES string of the molecule is CCOC(=O)c1c(NC(=O)Cn2c(C)cc(COC)c(C#N)c2=O)sc2c1CC[C@@H](C(C)(C)C)C2. The normalized spacial score (nSPS) is 15.3. The maximum absolute atomic E-state index is 13.0. The molecule has 1 N–H and O–H groups in total. The van der Waals surface area contributed by atoms with Crippen LogP contribution < -0.4 is 10.9 Å². The van der Waals surface area contributed by atoms with Gasteiger partial charge in [-0.3, -0.25) is 9.59 Å². The van der Waals surface area contributed by atoms with Gasteiger partial charge in [0, 0.05) is 23.2 Å². The minimum absolute atomic E-state index is 0.0442. The van der Waals surface area contributed by atoms with Crippen molar-refractivity contribution in [2.45, 2.75) is 67.0 Å². The van der Waals surface area contributed by atoms with Crippen LogP contribution in [0.15, 0.2) is 10.9 Å². The number of methoxy groups -OCH3 is 1. The van der Waals surface area contributed by atoms with Gasteiger partial charge in [0.15, 0.2) is 0 Å². The van der Waals surface area contributed by atoms with Gasteiger partial charge in [-0.25, -0.2) is 4.79 Å². The van der Waals surface area contributed by atoms with E-state index in [-0.39, 0.29) is 30.7 Å². The van der Waals surface area contributed by atoms with E-state index >= 15 is 0 Å². The van der Waals surface area contributed by atoms with Crippen molar-refractivity contribution in [2.24, 2.45) is 11.3 Å². The van der Waals surface area contributed by atoms with E-state index in [0.717, 1.165) is 29.7 Å². The van der Waals surface area contributed by atoms with Gasteiger partial charge in [0.25, 0.3) is 5.56 Å². The molecule has 2 aromatic heterocycles. The summed E-state index contributed by atoms with van der Waals surface area (Å²) in [6.07, 6.45) is 2.56. The zero-order chi connectivity index (χ0) is 25.9. The number of nitriles is 1. The Hall–Kier alpha value is -2.96. The van der Waals surface area contributed by atoms with Crippen molar-refractivity contribution >= 4 is 28.2 Å². The van der Waals surface area contributed by atoms with E-state index < -0.39 is 17.4 Å². The van der Waals surface area contributed by atoms with E-state index in [1.54, 1.807) is 19.9 Å². The first-order valence-corrected chi connectivity index (χ1v) is 12.6. The summed E-state index contributed by atoms with van der Waals surface area (Å²) < 4.78 is 11.7. The molecule has 1 aliphatic carbocycles. The summed E-state index contributed by atoms with van der Waals surface area (Å²) >= 11 is 1.41. The molecule has 188 valence electrons. The van der Waals surface area contributed by atoms with E-state index in [4.69, 9.17) is 9.47 Å². The molecule has 0 fully saturated rings. The third-order valence-electron chi connectivity index (χ3n) is 6.52. The van der Waals surface area contributed by atoms with Crippen LogP contribution in [-0.2, 0) is 40.3 Å². The van der Waals surface area contributed by atoms with Crippen molar-refractivity contribution in [3.05, 3.63) is 49.2 Å². The predicted octanol–water partition coefficient (Wildman–Crippen LogP) is 4.20. The lowest BCUT2D eigenvalue weighted by Crippen LogP contribution is -2.31. The fourth-order valence-corrected chi connectivity index (χ4v) is 5.89. The molecule has 0 spiro atoms. The summed E-state index contributed by atoms with van der Waals surface area (Å²) in [7, 11) is 1.49. The van der Waals surface area contributed by atoms with Gasteiger partial charge in [-0.05, 0) is 56.1 Å². The number of fused-ring (bicyclic) bond motifs is 1. The minimum atomic E-state index is -0.543. The van der Waals surface area contributed by atoms with E-state index in [2.05, 4.69) is 26.1 Å². The smallest absolute Gasteiger partial charge is 0.341 e. The average Bonchev–Trinajstić information content (AvgIpc) is 3.13. The third-order valence-corrected chi connectivity index (χ3v) is 7.69. The van der Waals surface area contributed by atoms with Crippen LogP contribution in [0.25, 0.3) is 0 Å². The second kappa shape index (κ2) is 10.8. The number of ether oxygens (including phenoxy) is 2. The number of rotatable bonds is 7. The van der Waals surface area contributed by atoms with Crippen molar-refractivity contribution in [1.29, 1.82) is 5.26 Å². The molecule has 3 rings (SSSR count). The molecular weight excluding hydrogens is 466 g/mol. The number of hydrogen-bond acceptors (Lipinski definition) is 7. The van der Waals surface area contributed by atoms with E-state index in [9.17, 15) is 19.6 Å². The van der Waals surface area contributed by atoms with Crippen LogP contribution in [0.2, 0.25) is 0 Å². The number of hydrogen-bond donors (Lipinski definition) is 1. The van der Waals surface area contributed by atoms with Crippen LogP contribution in [0.4, 0.5) is 5.00 Å². The molecule has 8 nitrogen and oxygen atoms in total. The Bertz CT molecular complexity index is 1230. The molecule has 0 saturated carbocycles. The molecule has 0 saturated heterocycles. The zero-order valence-electron chi connectivity index (χ0n) is 21.2. The largest absolute Gasteiger partial charge is 0.462 e. The lowest BCUT2D eigenvalue weighted by atomic mass is 9.72. The molecule has 1 atom stereocenters. The summed E-state index contributed by atoms with van der Waals surface area (Å²) in [6.45, 7) is 10.2. The van der Waals surface area contributed by atoms with Crippen molar-refractivity contribution in [2.75, 3.05) is 19.0 Å². The highest BCUT2D eigenvalue weighted by molar-refractivity contribution is 7.17. The topological polar surface area (TPSA) is 110 Å². The maximum Gasteiger partial charge on any atom is 0.341 e. The first-order valence-electron chi connectivity index (χ1n) is 11.8. The highest BCUT2D eigenvalue weighted by Crippen LogP contribution is 2.44. The number of anilines is 1. The molecule has 2 heterocycles. The Balaban J connectivity index is 1.93. The van der Waals surface area contributed by atoms with Gasteiger partial charge in [0.05, 0.1) is 18.8 Å². The number of esters is 1. The maximum atomic E-state index is 13.0. The molecule has 0 aromatic carbocycles. The lowest BCUT2D eigenvalue weighted by molar-refractivity contribution is -0.116. The van der Waals surface area contributed by atoms with Crippen LogP contribution in [0.1, 0.15) is 71.7 Å². The van der Waals surface area contributed by atoms with E-state index in [1.807, 2.05) is 6.07 Å². The second-order valence-electron chi connectivity index (χ2n) is 9.90. The van der Waals surface area contributed by atoms with Gasteiger partial charge < -0.3 is 19.4 Å². The van der Waals surface area contributed by atoms with E-state index in [0.29, 0.717) is 27.7 Å². The Labute approximate surface area is 209 Å². The van der Waals surface area contributed by atoms with Crippen LogP contribution in [0.5, 0.6) is 0 Å². The molecule has 0 aliphatic heterocycles. The Kier molecular flexibility index (Phi) is 8.18. The first kappa shape index (κ1) is 26.6. The average molecular weight is 500 g/mol. The number of thiophene rings is 1. The van der Waals surface area contributed by atoms with Gasteiger partial charge in [0.2, 0.25) is 5.91 Å². The van der Waals surface area contributed by atoms with Gasteiger partial charge in [-0.2, -0.15) is 5.26 Å². The molecule has 35 heavy (non-hydrogen) atoms. The number of nitrogens with one attached hydrogen (secondary N) is 1. The summed E-state index contributed by atoms with van der Waals surface area (Å²) in [5.41, 5.74) is 1.95. The number of carbonyl (C=O) groups is 2. The van der Waals surface area contributed by atoms with Gasteiger partial charge in [-0.15, -0.1) is 11.3 Å². The minimum Gasteiger partial charge on any atom is -0.462 e. The van der Waals surface area contributed by atoms with Gasteiger partial charge in [-0.1, -0.05) is 20.8 Å². The summed E-state index contributed by atoms with van der Waals surface area (Å²) in [5.74, 6) is -0.419. The number of aryl methyl sites for hydroxylation is 1. The fraction of sp³-hybridized carbons (Fsp3) is 0.538. The molecule has 0 bridgehead atoms. The molecule has 0 radical (unpaired) electrons. The standard InChI is InChI=1S/C26H33N3O5S/c1-7-34-25(32)22-18-9-8-17(26(3,4)5)11-20(18)35-23(22)28-21(30)13-29-15(2)10-16(14-33-6)19(12-27)24(29)31/h10,17H,7-9,11,13-14H2,1-6H3,(H,28,30)/t17-/m1/s1. The fourth-order valence-electron chi connectivity index (χ4n) is 4.56. The van der Waals surface area contributed by atoms with Crippen molar-refractivity contribution in [3.8, 4) is 6.07 Å².